The van der Waals surface area contributed by atoms with Gasteiger partial charge < -0.3 is 11.5 Å². The molecule has 0 bridgehead atoms. The first-order chi connectivity index (χ1) is 10.0. The first-order valence-electron chi connectivity index (χ1n) is 6.84. The fourth-order valence-electron chi connectivity index (χ4n) is 2.23. The summed E-state index contributed by atoms with van der Waals surface area (Å²) in [5, 5.41) is 14.6. The highest BCUT2D eigenvalue weighted by molar-refractivity contribution is 5.79. The second-order valence-electron chi connectivity index (χ2n) is 5.21. The highest BCUT2D eigenvalue weighted by Gasteiger charge is 2.00. The number of nitrogens with one attached hydrogen (secondary N) is 2. The fourth-order valence-corrected chi connectivity index (χ4v) is 2.23. The summed E-state index contributed by atoms with van der Waals surface area (Å²) in [7, 11) is 0. The largest absolute Gasteiger partial charge is 0.387 e. The van der Waals surface area contributed by atoms with E-state index in [1.54, 1.807) is 0 Å². The maximum atomic E-state index is 7.29. The molecule has 2 rings (SSSR count). The number of nitrogens with two attached hydrogens (primary N) is 2. The van der Waals surface area contributed by atoms with Crippen LogP contribution in [0, 0.1) is 10.8 Å². The van der Waals surface area contributed by atoms with Crippen LogP contribution in [0.15, 0.2) is 48.5 Å². The predicted molar refractivity (Wildman–Crippen MR) is 86.9 cm³/mol. The summed E-state index contributed by atoms with van der Waals surface area (Å²) in [6, 6.07) is 16.3. The van der Waals surface area contributed by atoms with Gasteiger partial charge in [-0.2, -0.15) is 0 Å². The van der Waals surface area contributed by atoms with Gasteiger partial charge in [-0.15, -0.1) is 0 Å². The Morgan fingerprint density at radius 3 is 1.19 bits per heavy atom. The van der Waals surface area contributed by atoms with Crippen LogP contribution in [0.4, 0.5) is 0 Å². The van der Waals surface area contributed by atoms with E-state index in [1.165, 1.54) is 11.1 Å². The lowest BCUT2D eigenvalue weighted by molar-refractivity contribution is 1.16. The summed E-state index contributed by atoms with van der Waals surface area (Å²) < 4.78 is 0. The minimum absolute atomic E-state index is 0.184. The van der Waals surface area contributed by atoms with Crippen LogP contribution >= 0.6 is 0 Å². The number of hydrogen-bond acceptors (Lipinski definition) is 2. The second kappa shape index (κ2) is 6.70. The average molecular weight is 280 g/mol. The first-order valence-corrected chi connectivity index (χ1v) is 6.84. The topological polar surface area (TPSA) is 99.7 Å². The van der Waals surface area contributed by atoms with Gasteiger partial charge in [0.2, 0.25) is 0 Å². The van der Waals surface area contributed by atoms with Crippen molar-refractivity contribution in [1.29, 1.82) is 10.8 Å². The third-order valence-corrected chi connectivity index (χ3v) is 3.24. The summed E-state index contributed by atoms with van der Waals surface area (Å²) in [6.45, 7) is 0. The van der Waals surface area contributed by atoms with Crippen LogP contribution < -0.4 is 11.5 Å². The molecule has 0 unspecified atom stereocenters. The number of hydrogen-bond donors (Lipinski definition) is 4. The Morgan fingerprint density at radius 2 is 0.905 bits per heavy atom. The molecule has 0 saturated heterocycles. The molecular formula is C17H20N4. The molecule has 0 radical (unpaired) electrons. The molecule has 0 aliphatic carbocycles. The van der Waals surface area contributed by atoms with Crippen molar-refractivity contribution in [1.82, 2.24) is 0 Å². The molecule has 0 spiro atoms. The molecule has 2 aromatic rings. The Labute approximate surface area is 124 Å². The van der Waals surface area contributed by atoms with Crippen LogP contribution in [0.1, 0.15) is 22.3 Å². The van der Waals surface area contributed by atoms with Crippen molar-refractivity contribution in [3.8, 4) is 0 Å². The van der Waals surface area contributed by atoms with E-state index in [0.717, 1.165) is 17.5 Å². The maximum Gasteiger partial charge on any atom is 0.0950 e. The monoisotopic (exact) mass is 280 g/mol. The van der Waals surface area contributed by atoms with Crippen molar-refractivity contribution in [2.75, 3.05) is 0 Å². The number of rotatable bonds is 6. The van der Waals surface area contributed by atoms with Crippen molar-refractivity contribution in [2.24, 2.45) is 11.5 Å². The summed E-state index contributed by atoms with van der Waals surface area (Å²) in [5.74, 6) is 0.368. The molecule has 0 heterocycles. The van der Waals surface area contributed by atoms with E-state index in [9.17, 15) is 0 Å². The quantitative estimate of drug-likeness (QED) is 0.482. The molecule has 4 heteroatoms. The fraction of sp³-hybridized carbons (Fsp3) is 0.176. The predicted octanol–water partition coefficient (Wildman–Crippen LogP) is 2.23. The van der Waals surface area contributed by atoms with Gasteiger partial charge in [-0.3, -0.25) is 10.8 Å². The van der Waals surface area contributed by atoms with Gasteiger partial charge >= 0.3 is 0 Å². The van der Waals surface area contributed by atoms with E-state index in [1.807, 2.05) is 24.3 Å². The van der Waals surface area contributed by atoms with Gasteiger partial charge in [0.25, 0.3) is 0 Å². The van der Waals surface area contributed by atoms with E-state index in [-0.39, 0.29) is 11.7 Å². The smallest absolute Gasteiger partial charge is 0.0950 e. The average Bonchev–Trinajstić information content (AvgIpc) is 2.42. The van der Waals surface area contributed by atoms with Gasteiger partial charge in [0, 0.05) is 12.8 Å². The Kier molecular flexibility index (Phi) is 4.72. The van der Waals surface area contributed by atoms with Crippen molar-refractivity contribution in [3.05, 3.63) is 70.8 Å². The normalized spacial score (nSPS) is 10.3. The van der Waals surface area contributed by atoms with Crippen molar-refractivity contribution < 1.29 is 0 Å². The lowest BCUT2D eigenvalue weighted by atomic mass is 10.0. The van der Waals surface area contributed by atoms with E-state index < -0.39 is 0 Å². The minimum Gasteiger partial charge on any atom is -0.387 e. The summed E-state index contributed by atoms with van der Waals surface area (Å²) in [6.07, 6.45) is 1.86. The van der Waals surface area contributed by atoms with Gasteiger partial charge in [0.05, 0.1) is 11.7 Å². The maximum absolute atomic E-state index is 7.29. The van der Waals surface area contributed by atoms with Gasteiger partial charge in [0.1, 0.15) is 0 Å². The third kappa shape index (κ3) is 4.76. The molecule has 0 fully saturated rings. The van der Waals surface area contributed by atoms with E-state index in [4.69, 9.17) is 22.3 Å². The van der Waals surface area contributed by atoms with Crippen molar-refractivity contribution in [2.45, 2.75) is 19.3 Å². The van der Waals surface area contributed by atoms with E-state index in [2.05, 4.69) is 24.3 Å². The molecule has 21 heavy (non-hydrogen) atoms. The molecule has 4 nitrogen and oxygen atoms in total. The van der Waals surface area contributed by atoms with Crippen LogP contribution in [0.2, 0.25) is 0 Å². The molecule has 0 aliphatic heterocycles. The summed E-state index contributed by atoms with van der Waals surface area (Å²) in [5.41, 5.74) is 15.4. The van der Waals surface area contributed by atoms with Gasteiger partial charge in [-0.1, -0.05) is 48.5 Å². The SMILES string of the molecule is N=C(N)Cc1ccc(Cc2ccc(CC(=N)N)cc2)cc1. The number of amidine groups is 2. The lowest BCUT2D eigenvalue weighted by Crippen LogP contribution is -2.12. The van der Waals surface area contributed by atoms with Crippen LogP contribution in [0.5, 0.6) is 0 Å². The van der Waals surface area contributed by atoms with Crippen molar-refractivity contribution in [3.63, 3.8) is 0 Å². The standard InChI is InChI=1S/C17H20N4/c18-16(19)10-14-5-1-12(2-6-14)9-13-3-7-15(8-4-13)11-17(20)21/h1-8H,9-11H2,(H3,18,19)(H3,20,21). The highest BCUT2D eigenvalue weighted by Crippen LogP contribution is 2.12. The zero-order valence-electron chi connectivity index (χ0n) is 11.9. The molecule has 0 aliphatic rings. The van der Waals surface area contributed by atoms with Crippen molar-refractivity contribution >= 4 is 11.7 Å². The van der Waals surface area contributed by atoms with Crippen LogP contribution in [-0.2, 0) is 19.3 Å². The number of benzene rings is 2. The highest BCUT2D eigenvalue weighted by atomic mass is 14.7. The van der Waals surface area contributed by atoms with E-state index in [0.29, 0.717) is 12.8 Å². The van der Waals surface area contributed by atoms with Crippen LogP contribution in [0.25, 0.3) is 0 Å². The van der Waals surface area contributed by atoms with Crippen LogP contribution in [0.3, 0.4) is 0 Å². The minimum atomic E-state index is 0.184. The van der Waals surface area contributed by atoms with E-state index >= 15 is 0 Å². The van der Waals surface area contributed by atoms with Crippen LogP contribution in [-0.4, -0.2) is 11.7 Å². The Balaban J connectivity index is 2.01. The lowest BCUT2D eigenvalue weighted by Gasteiger charge is -2.06. The Morgan fingerprint density at radius 1 is 0.619 bits per heavy atom. The molecule has 0 amide bonds. The molecule has 0 saturated carbocycles. The Bertz CT molecular complexity index is 569. The second-order valence-corrected chi connectivity index (χ2v) is 5.21. The molecule has 0 aromatic heterocycles. The summed E-state index contributed by atoms with van der Waals surface area (Å²) >= 11 is 0. The molecule has 2 aromatic carbocycles. The third-order valence-electron chi connectivity index (χ3n) is 3.24. The zero-order chi connectivity index (χ0) is 15.2. The molecular weight excluding hydrogens is 260 g/mol. The first kappa shape index (κ1) is 14.8. The van der Waals surface area contributed by atoms with Gasteiger partial charge in [-0.25, -0.2) is 0 Å². The van der Waals surface area contributed by atoms with Gasteiger partial charge in [-0.05, 0) is 28.7 Å². The summed E-state index contributed by atoms with van der Waals surface area (Å²) in [4.78, 5) is 0. The zero-order valence-corrected chi connectivity index (χ0v) is 11.9. The molecule has 0 atom stereocenters. The Hall–Kier alpha value is -2.62. The molecule has 6 N–H and O–H groups in total. The van der Waals surface area contributed by atoms with Gasteiger partial charge in [0.15, 0.2) is 0 Å². The molecule has 108 valence electrons.